The van der Waals surface area contributed by atoms with Crippen LogP contribution in [0.25, 0.3) is 11.1 Å². The van der Waals surface area contributed by atoms with Gasteiger partial charge in [0.1, 0.15) is 17.5 Å². The normalized spacial score (nSPS) is 15.4. The average Bonchev–Trinajstić information content (AvgIpc) is 3.13. The zero-order valence-corrected chi connectivity index (χ0v) is 17.1. The second kappa shape index (κ2) is 8.45. The van der Waals surface area contributed by atoms with Gasteiger partial charge in [0, 0.05) is 17.8 Å². The van der Waals surface area contributed by atoms with Crippen LogP contribution in [0.2, 0.25) is 0 Å². The summed E-state index contributed by atoms with van der Waals surface area (Å²) in [5, 5.41) is 9.79. The third-order valence-electron chi connectivity index (χ3n) is 5.20. The molecule has 32 heavy (non-hydrogen) atoms. The molecular formula is C24H20F3NO4. The lowest BCUT2D eigenvalue weighted by atomic mass is 10.0. The summed E-state index contributed by atoms with van der Waals surface area (Å²) in [4.78, 5) is 13.7. The van der Waals surface area contributed by atoms with Gasteiger partial charge in [-0.3, -0.25) is 0 Å². The Labute approximate surface area is 182 Å². The van der Waals surface area contributed by atoms with Crippen LogP contribution in [0.5, 0.6) is 11.5 Å². The van der Waals surface area contributed by atoms with E-state index in [9.17, 15) is 23.1 Å². The van der Waals surface area contributed by atoms with Gasteiger partial charge in [0.2, 0.25) is 0 Å². The maximum Gasteiger partial charge on any atom is 0.573 e. The SMILES string of the molecule is CCOc1ccc(N2c3ccc(-c4ccc(OC(F)(F)F)cc4)cc3CC2C(=O)O)cc1. The molecular weight excluding hydrogens is 423 g/mol. The summed E-state index contributed by atoms with van der Waals surface area (Å²) in [6, 6.07) is 17.6. The van der Waals surface area contributed by atoms with Crippen molar-refractivity contribution in [1.29, 1.82) is 0 Å². The number of carboxylic acid groups (broad SMARTS) is 1. The molecule has 0 aromatic heterocycles. The number of hydrogen-bond donors (Lipinski definition) is 1. The minimum Gasteiger partial charge on any atom is -0.494 e. The monoisotopic (exact) mass is 443 g/mol. The molecule has 8 heteroatoms. The molecule has 1 heterocycles. The van der Waals surface area contributed by atoms with Crippen LogP contribution in [0.15, 0.2) is 66.7 Å². The van der Waals surface area contributed by atoms with Crippen molar-refractivity contribution in [2.75, 3.05) is 11.5 Å². The molecule has 0 radical (unpaired) electrons. The van der Waals surface area contributed by atoms with E-state index in [0.717, 1.165) is 22.5 Å². The molecule has 0 fully saturated rings. The van der Waals surface area contributed by atoms with Gasteiger partial charge in [-0.15, -0.1) is 13.2 Å². The van der Waals surface area contributed by atoms with Gasteiger partial charge < -0.3 is 19.5 Å². The highest BCUT2D eigenvalue weighted by Gasteiger charge is 2.35. The number of benzene rings is 3. The second-order valence-corrected chi connectivity index (χ2v) is 7.27. The van der Waals surface area contributed by atoms with E-state index in [-0.39, 0.29) is 5.75 Å². The Morgan fingerprint density at radius 2 is 1.62 bits per heavy atom. The lowest BCUT2D eigenvalue weighted by Crippen LogP contribution is -2.35. The third-order valence-corrected chi connectivity index (χ3v) is 5.20. The number of carboxylic acids is 1. The van der Waals surface area contributed by atoms with Gasteiger partial charge in [-0.2, -0.15) is 0 Å². The summed E-state index contributed by atoms with van der Waals surface area (Å²) >= 11 is 0. The predicted octanol–water partition coefficient (Wildman–Crippen LogP) is 5.80. The van der Waals surface area contributed by atoms with Crippen molar-refractivity contribution >= 4 is 17.3 Å². The highest BCUT2D eigenvalue weighted by Crippen LogP contribution is 2.41. The predicted molar refractivity (Wildman–Crippen MR) is 113 cm³/mol. The zero-order valence-electron chi connectivity index (χ0n) is 17.1. The molecule has 3 aromatic carbocycles. The molecule has 0 spiro atoms. The van der Waals surface area contributed by atoms with E-state index in [2.05, 4.69) is 4.74 Å². The van der Waals surface area contributed by atoms with Crippen molar-refractivity contribution in [3.8, 4) is 22.6 Å². The van der Waals surface area contributed by atoms with Gasteiger partial charge in [0.05, 0.1) is 6.61 Å². The Morgan fingerprint density at radius 1 is 1.00 bits per heavy atom. The van der Waals surface area contributed by atoms with Gasteiger partial charge in [-0.25, -0.2) is 4.79 Å². The largest absolute Gasteiger partial charge is 0.573 e. The molecule has 1 aliphatic heterocycles. The summed E-state index contributed by atoms with van der Waals surface area (Å²) in [5.74, 6) is -0.531. The molecule has 0 aliphatic carbocycles. The van der Waals surface area contributed by atoms with E-state index in [1.54, 1.807) is 17.0 Å². The number of fused-ring (bicyclic) bond motifs is 1. The van der Waals surface area contributed by atoms with Crippen LogP contribution in [-0.4, -0.2) is 30.1 Å². The zero-order chi connectivity index (χ0) is 22.9. The van der Waals surface area contributed by atoms with Crippen LogP contribution in [0.3, 0.4) is 0 Å². The molecule has 1 N–H and O–H groups in total. The van der Waals surface area contributed by atoms with Gasteiger partial charge in [-0.1, -0.05) is 18.2 Å². The first-order valence-corrected chi connectivity index (χ1v) is 9.99. The van der Waals surface area contributed by atoms with Crippen molar-refractivity contribution in [2.45, 2.75) is 25.7 Å². The molecule has 1 unspecified atom stereocenters. The number of aliphatic carboxylic acids is 1. The van der Waals surface area contributed by atoms with Crippen LogP contribution in [0.1, 0.15) is 12.5 Å². The Bertz CT molecular complexity index is 1110. The highest BCUT2D eigenvalue weighted by molar-refractivity contribution is 5.88. The van der Waals surface area contributed by atoms with Gasteiger partial charge in [-0.05, 0) is 72.1 Å². The summed E-state index contributed by atoms with van der Waals surface area (Å²) in [6.45, 7) is 2.43. The fourth-order valence-corrected chi connectivity index (χ4v) is 3.87. The van der Waals surface area contributed by atoms with E-state index in [0.29, 0.717) is 24.3 Å². The number of ether oxygens (including phenoxy) is 2. The molecule has 0 saturated heterocycles. The fraction of sp³-hybridized carbons (Fsp3) is 0.208. The van der Waals surface area contributed by atoms with E-state index < -0.39 is 18.4 Å². The number of halogens is 3. The number of nitrogens with zero attached hydrogens (tertiary/aromatic N) is 1. The summed E-state index contributed by atoms with van der Waals surface area (Å²) < 4.78 is 46.5. The number of carbonyl (C=O) groups is 1. The maximum atomic E-state index is 12.4. The van der Waals surface area contributed by atoms with Gasteiger partial charge >= 0.3 is 12.3 Å². The van der Waals surface area contributed by atoms with Crippen LogP contribution >= 0.6 is 0 Å². The Hall–Kier alpha value is -3.68. The molecule has 0 amide bonds. The van der Waals surface area contributed by atoms with Crippen LogP contribution < -0.4 is 14.4 Å². The van der Waals surface area contributed by atoms with E-state index in [1.807, 2.05) is 37.3 Å². The Kier molecular flexibility index (Phi) is 5.69. The minimum atomic E-state index is -4.74. The highest BCUT2D eigenvalue weighted by atomic mass is 19.4. The Balaban J connectivity index is 1.63. The second-order valence-electron chi connectivity index (χ2n) is 7.27. The topological polar surface area (TPSA) is 59.0 Å². The van der Waals surface area contributed by atoms with Gasteiger partial charge in [0.15, 0.2) is 0 Å². The molecule has 1 atom stereocenters. The fourth-order valence-electron chi connectivity index (χ4n) is 3.87. The first-order chi connectivity index (χ1) is 15.2. The first kappa shape index (κ1) is 21.5. The number of rotatable bonds is 6. The Morgan fingerprint density at radius 3 is 2.22 bits per heavy atom. The van der Waals surface area contributed by atoms with E-state index in [1.165, 1.54) is 24.3 Å². The third kappa shape index (κ3) is 4.49. The molecule has 0 saturated carbocycles. The van der Waals surface area contributed by atoms with Crippen LogP contribution in [0.4, 0.5) is 24.5 Å². The number of hydrogen-bond acceptors (Lipinski definition) is 4. The summed E-state index contributed by atoms with van der Waals surface area (Å²) in [5.41, 5.74) is 3.84. The van der Waals surface area contributed by atoms with Crippen LogP contribution in [-0.2, 0) is 11.2 Å². The molecule has 4 rings (SSSR count). The minimum absolute atomic E-state index is 0.296. The first-order valence-electron chi connectivity index (χ1n) is 9.99. The van der Waals surface area contributed by atoms with Crippen molar-refractivity contribution in [2.24, 2.45) is 0 Å². The van der Waals surface area contributed by atoms with Gasteiger partial charge in [0.25, 0.3) is 0 Å². The lowest BCUT2D eigenvalue weighted by Gasteiger charge is -2.25. The number of alkyl halides is 3. The van der Waals surface area contributed by atoms with E-state index >= 15 is 0 Å². The maximum absolute atomic E-state index is 12.4. The standard InChI is InChI=1S/C24H20F3NO4/c1-2-31-19-10-6-18(7-11-19)28-21-12-5-16(13-17(21)14-22(28)23(29)30)15-3-8-20(9-4-15)32-24(25,26)27/h3-13,22H,2,14H2,1H3,(H,29,30). The molecule has 5 nitrogen and oxygen atoms in total. The smallest absolute Gasteiger partial charge is 0.494 e. The van der Waals surface area contributed by atoms with Crippen molar-refractivity contribution in [3.05, 3.63) is 72.3 Å². The molecule has 3 aromatic rings. The van der Waals surface area contributed by atoms with Crippen molar-refractivity contribution < 1.29 is 32.5 Å². The quantitative estimate of drug-likeness (QED) is 0.522. The molecule has 0 bridgehead atoms. The average molecular weight is 443 g/mol. The molecule has 166 valence electrons. The van der Waals surface area contributed by atoms with Crippen molar-refractivity contribution in [1.82, 2.24) is 0 Å². The number of anilines is 2. The van der Waals surface area contributed by atoms with Crippen molar-refractivity contribution in [3.63, 3.8) is 0 Å². The van der Waals surface area contributed by atoms with E-state index in [4.69, 9.17) is 4.74 Å². The lowest BCUT2D eigenvalue weighted by molar-refractivity contribution is -0.274. The summed E-state index contributed by atoms with van der Waals surface area (Å²) in [6.07, 6.45) is -4.44. The molecule has 1 aliphatic rings. The van der Waals surface area contributed by atoms with Crippen LogP contribution in [0, 0.1) is 0 Å². The summed E-state index contributed by atoms with van der Waals surface area (Å²) in [7, 11) is 0.